The van der Waals surface area contributed by atoms with Crippen molar-refractivity contribution >= 4 is 17.9 Å². The van der Waals surface area contributed by atoms with Crippen molar-refractivity contribution in [3.8, 4) is 5.75 Å². The number of carbonyl (C=O) groups excluding carboxylic acids is 3. The normalized spacial score (nSPS) is 11.4. The van der Waals surface area contributed by atoms with Crippen molar-refractivity contribution in [2.75, 3.05) is 7.05 Å². The van der Waals surface area contributed by atoms with E-state index in [-0.39, 0.29) is 18.7 Å². The summed E-state index contributed by atoms with van der Waals surface area (Å²) in [5.41, 5.74) is 0.0499. The van der Waals surface area contributed by atoms with Gasteiger partial charge in [0.2, 0.25) is 0 Å². The number of nitrogens with one attached hydrogen (secondary N) is 2. The number of imide groups is 1. The van der Waals surface area contributed by atoms with E-state index in [1.165, 1.54) is 24.6 Å². The third-order valence-electron chi connectivity index (χ3n) is 3.00. The van der Waals surface area contributed by atoms with Crippen LogP contribution in [0.2, 0.25) is 0 Å². The second-order valence-electron chi connectivity index (χ2n) is 4.80. The summed E-state index contributed by atoms with van der Waals surface area (Å²) >= 11 is 0. The van der Waals surface area contributed by atoms with E-state index in [0.717, 1.165) is 6.07 Å². The number of aryl methyl sites for hydroxylation is 1. The number of ether oxygens (including phenoxy) is 1. The molecule has 1 atom stereocenters. The van der Waals surface area contributed by atoms with Crippen LogP contribution >= 0.6 is 0 Å². The van der Waals surface area contributed by atoms with E-state index < -0.39 is 29.6 Å². The van der Waals surface area contributed by atoms with Crippen molar-refractivity contribution in [2.45, 2.75) is 32.9 Å². The van der Waals surface area contributed by atoms with Gasteiger partial charge in [-0.1, -0.05) is 0 Å². The maximum Gasteiger partial charge on any atom is 0.321 e. The second kappa shape index (κ2) is 7.97. The Morgan fingerprint density at radius 2 is 2.00 bits per heavy atom. The van der Waals surface area contributed by atoms with Crippen LogP contribution in [0.25, 0.3) is 0 Å². The molecule has 1 aromatic rings. The van der Waals surface area contributed by atoms with E-state index in [1.807, 2.05) is 5.32 Å². The summed E-state index contributed by atoms with van der Waals surface area (Å²) in [6.07, 6.45) is -1.28. The number of urea groups is 1. The maximum atomic E-state index is 11.7. The molecule has 9 heteroatoms. The van der Waals surface area contributed by atoms with Crippen LogP contribution in [0.3, 0.4) is 0 Å². The molecule has 3 N–H and O–H groups in total. The van der Waals surface area contributed by atoms with Crippen molar-refractivity contribution in [3.63, 3.8) is 0 Å². The Labute approximate surface area is 132 Å². The van der Waals surface area contributed by atoms with Gasteiger partial charge in [-0.05, 0) is 19.9 Å². The lowest BCUT2D eigenvalue weighted by Gasteiger charge is -2.14. The van der Waals surface area contributed by atoms with Crippen LogP contribution in [0, 0.1) is 6.92 Å². The van der Waals surface area contributed by atoms with Gasteiger partial charge in [0.25, 0.3) is 11.5 Å². The summed E-state index contributed by atoms with van der Waals surface area (Å²) in [7, 11) is 1.34. The molecule has 1 rings (SSSR count). The van der Waals surface area contributed by atoms with Gasteiger partial charge in [0.05, 0.1) is 6.42 Å². The van der Waals surface area contributed by atoms with Gasteiger partial charge in [-0.15, -0.1) is 0 Å². The molecule has 0 aromatic carbocycles. The first-order valence-electron chi connectivity index (χ1n) is 6.87. The average Bonchev–Trinajstić information content (AvgIpc) is 2.45. The molecular weight excluding hydrogens is 306 g/mol. The minimum Gasteiger partial charge on any atom is -0.508 e. The van der Waals surface area contributed by atoms with E-state index in [9.17, 15) is 24.3 Å². The first-order valence-corrected chi connectivity index (χ1v) is 6.87. The number of aromatic nitrogens is 1. The van der Waals surface area contributed by atoms with Crippen LogP contribution in [0.15, 0.2) is 16.9 Å². The fraction of sp³-hybridized carbons (Fsp3) is 0.429. The fourth-order valence-corrected chi connectivity index (χ4v) is 1.79. The third kappa shape index (κ3) is 5.46. The van der Waals surface area contributed by atoms with Gasteiger partial charge in [0, 0.05) is 25.4 Å². The van der Waals surface area contributed by atoms with Crippen molar-refractivity contribution in [2.24, 2.45) is 0 Å². The Bertz CT molecular complexity index is 667. The third-order valence-corrected chi connectivity index (χ3v) is 3.00. The SMILES string of the molecule is CNC(=O)NC(=O)[C@@H](C)OC(=O)CCn1c(C)cc(O)cc1=O. The monoisotopic (exact) mass is 325 g/mol. The van der Waals surface area contributed by atoms with Crippen LogP contribution < -0.4 is 16.2 Å². The van der Waals surface area contributed by atoms with Crippen molar-refractivity contribution in [3.05, 3.63) is 28.2 Å². The number of rotatable bonds is 5. The van der Waals surface area contributed by atoms with Crippen molar-refractivity contribution in [1.82, 2.24) is 15.2 Å². The zero-order valence-electron chi connectivity index (χ0n) is 13.1. The summed E-state index contributed by atoms with van der Waals surface area (Å²) < 4.78 is 6.19. The molecule has 0 aliphatic carbocycles. The van der Waals surface area contributed by atoms with Crippen LogP contribution in [0.5, 0.6) is 5.75 Å². The Morgan fingerprint density at radius 1 is 1.35 bits per heavy atom. The first-order chi connectivity index (χ1) is 10.7. The number of hydrogen-bond donors (Lipinski definition) is 3. The first kappa shape index (κ1) is 18.2. The summed E-state index contributed by atoms with van der Waals surface area (Å²) in [6.45, 7) is 2.99. The molecule has 0 bridgehead atoms. The number of amides is 3. The van der Waals surface area contributed by atoms with E-state index in [4.69, 9.17) is 4.74 Å². The van der Waals surface area contributed by atoms with Crippen LogP contribution in [0.4, 0.5) is 4.79 Å². The molecular formula is C14H19N3O6. The molecule has 0 aliphatic rings. The predicted molar refractivity (Wildman–Crippen MR) is 79.9 cm³/mol. The Kier molecular flexibility index (Phi) is 6.31. The standard InChI is InChI=1S/C14H19N3O6/c1-8-6-10(18)7-11(19)17(8)5-4-12(20)23-9(2)13(21)16-14(22)15-3/h6-7,9,18H,4-5H2,1-3H3,(H2,15,16,21,22)/t9-/m1/s1. The van der Waals surface area contributed by atoms with Crippen LogP contribution in [0.1, 0.15) is 19.0 Å². The number of hydrogen-bond acceptors (Lipinski definition) is 6. The van der Waals surface area contributed by atoms with Gasteiger partial charge >= 0.3 is 12.0 Å². The largest absolute Gasteiger partial charge is 0.508 e. The molecule has 0 radical (unpaired) electrons. The molecule has 0 aliphatic heterocycles. The highest BCUT2D eigenvalue weighted by Crippen LogP contribution is 2.07. The van der Waals surface area contributed by atoms with Gasteiger partial charge in [-0.3, -0.25) is 19.7 Å². The van der Waals surface area contributed by atoms with E-state index >= 15 is 0 Å². The van der Waals surface area contributed by atoms with E-state index in [2.05, 4.69) is 5.32 Å². The minimum atomic E-state index is -1.14. The molecule has 3 amide bonds. The molecule has 9 nitrogen and oxygen atoms in total. The number of esters is 1. The topological polar surface area (TPSA) is 127 Å². The smallest absolute Gasteiger partial charge is 0.321 e. The molecule has 0 fully saturated rings. The molecule has 1 heterocycles. The zero-order valence-corrected chi connectivity index (χ0v) is 13.1. The maximum absolute atomic E-state index is 11.7. The van der Waals surface area contributed by atoms with Crippen LogP contribution in [-0.4, -0.2) is 40.7 Å². The van der Waals surface area contributed by atoms with E-state index in [0.29, 0.717) is 5.69 Å². The Morgan fingerprint density at radius 3 is 2.57 bits per heavy atom. The summed E-state index contributed by atoms with van der Waals surface area (Å²) in [4.78, 5) is 45.9. The lowest BCUT2D eigenvalue weighted by atomic mass is 10.3. The highest BCUT2D eigenvalue weighted by molar-refractivity contribution is 5.96. The highest BCUT2D eigenvalue weighted by Gasteiger charge is 2.19. The zero-order chi connectivity index (χ0) is 17.6. The van der Waals surface area contributed by atoms with Gasteiger partial charge in [-0.25, -0.2) is 4.79 Å². The number of carbonyl (C=O) groups is 3. The van der Waals surface area contributed by atoms with Gasteiger partial charge in [0.1, 0.15) is 5.75 Å². The number of aromatic hydroxyl groups is 1. The Balaban J connectivity index is 2.56. The number of nitrogens with zero attached hydrogens (tertiary/aromatic N) is 1. The molecule has 1 aromatic heterocycles. The van der Waals surface area contributed by atoms with Crippen molar-refractivity contribution < 1.29 is 24.2 Å². The molecule has 126 valence electrons. The molecule has 0 spiro atoms. The number of pyridine rings is 1. The molecule has 0 saturated carbocycles. The Hall–Kier alpha value is -2.84. The van der Waals surface area contributed by atoms with Gasteiger partial charge in [-0.2, -0.15) is 0 Å². The highest BCUT2D eigenvalue weighted by atomic mass is 16.5. The lowest BCUT2D eigenvalue weighted by Crippen LogP contribution is -2.43. The lowest BCUT2D eigenvalue weighted by molar-refractivity contribution is -0.154. The molecule has 0 unspecified atom stereocenters. The van der Waals surface area contributed by atoms with E-state index in [1.54, 1.807) is 6.92 Å². The minimum absolute atomic E-state index is 0.0492. The van der Waals surface area contributed by atoms with Gasteiger partial charge in [0.15, 0.2) is 6.10 Å². The van der Waals surface area contributed by atoms with Crippen LogP contribution in [-0.2, 0) is 20.9 Å². The van der Waals surface area contributed by atoms with Crippen molar-refractivity contribution in [1.29, 1.82) is 0 Å². The molecule has 0 saturated heterocycles. The second-order valence-corrected chi connectivity index (χ2v) is 4.80. The quantitative estimate of drug-likeness (QED) is 0.635. The average molecular weight is 325 g/mol. The summed E-state index contributed by atoms with van der Waals surface area (Å²) in [5.74, 6) is -1.59. The molecule has 23 heavy (non-hydrogen) atoms. The predicted octanol–water partition coefficient (Wildman–Crippen LogP) is -0.360. The fourth-order valence-electron chi connectivity index (χ4n) is 1.79. The summed E-state index contributed by atoms with van der Waals surface area (Å²) in [6, 6.07) is 1.73. The summed E-state index contributed by atoms with van der Waals surface area (Å²) in [5, 5.41) is 13.5. The van der Waals surface area contributed by atoms with Gasteiger partial charge < -0.3 is 19.7 Å².